The van der Waals surface area contributed by atoms with E-state index in [9.17, 15) is 0 Å². The maximum absolute atomic E-state index is 2.42. The van der Waals surface area contributed by atoms with Crippen LogP contribution in [0.15, 0.2) is 115 Å². The van der Waals surface area contributed by atoms with Gasteiger partial charge in [0.2, 0.25) is 0 Å². The number of benzene rings is 5. The largest absolute Gasteiger partial charge is 0.343 e. The van der Waals surface area contributed by atoms with E-state index < -0.39 is 0 Å². The molecular weight excluding hydrogens is 400 g/mol. The number of hydrogen-bond acceptors (Lipinski definition) is 0. The van der Waals surface area contributed by atoms with Gasteiger partial charge in [-0.05, 0) is 35.9 Å². The van der Waals surface area contributed by atoms with Crippen molar-refractivity contribution in [2.75, 3.05) is 0 Å². The molecule has 0 aliphatic carbocycles. The quantitative estimate of drug-likeness (QED) is 0.266. The molecule has 7 aromatic rings. The smallest absolute Gasteiger partial charge is 0.0576 e. The third kappa shape index (κ3) is 2.49. The Morgan fingerprint density at radius 1 is 0.515 bits per heavy atom. The van der Waals surface area contributed by atoms with E-state index in [1.54, 1.807) is 0 Å². The molecule has 7 rings (SSSR count). The van der Waals surface area contributed by atoms with E-state index in [2.05, 4.69) is 131 Å². The molecule has 0 radical (unpaired) electrons. The van der Waals surface area contributed by atoms with E-state index >= 15 is 0 Å². The van der Waals surface area contributed by atoms with Crippen molar-refractivity contribution >= 4 is 43.6 Å². The number of fused-ring (bicyclic) bond motifs is 7. The third-order valence-electron chi connectivity index (χ3n) is 6.90. The van der Waals surface area contributed by atoms with Gasteiger partial charge in [0.05, 0.1) is 16.6 Å². The Hall–Kier alpha value is -4.30. The summed E-state index contributed by atoms with van der Waals surface area (Å²) in [6.45, 7) is 0. The summed E-state index contributed by atoms with van der Waals surface area (Å²) in [6, 6.07) is 41.4. The molecular formula is C31H22N2. The average Bonchev–Trinajstić information content (AvgIpc) is 3.37. The molecule has 0 saturated carbocycles. The summed E-state index contributed by atoms with van der Waals surface area (Å²) in [4.78, 5) is 0. The van der Waals surface area contributed by atoms with Crippen molar-refractivity contribution in [3.05, 3.63) is 115 Å². The molecule has 156 valence electrons. The molecule has 0 unspecified atom stereocenters. The van der Waals surface area contributed by atoms with Crippen molar-refractivity contribution in [2.45, 2.75) is 0 Å². The van der Waals surface area contributed by atoms with Crippen LogP contribution in [0.3, 0.4) is 0 Å². The fraction of sp³-hybridized carbons (Fsp3) is 0.0323. The maximum atomic E-state index is 2.42. The van der Waals surface area contributed by atoms with Gasteiger partial charge in [-0.1, -0.05) is 84.9 Å². The zero-order valence-corrected chi connectivity index (χ0v) is 18.4. The van der Waals surface area contributed by atoms with Crippen LogP contribution in [-0.4, -0.2) is 9.13 Å². The predicted molar refractivity (Wildman–Crippen MR) is 140 cm³/mol. The van der Waals surface area contributed by atoms with Crippen molar-refractivity contribution in [2.24, 2.45) is 7.05 Å². The second-order valence-electron chi connectivity index (χ2n) is 8.67. The fourth-order valence-electron chi connectivity index (χ4n) is 5.52. The lowest BCUT2D eigenvalue weighted by molar-refractivity contribution is 1.02. The third-order valence-corrected chi connectivity index (χ3v) is 6.90. The average molecular weight is 423 g/mol. The zero-order chi connectivity index (χ0) is 21.9. The molecule has 5 aromatic carbocycles. The highest BCUT2D eigenvalue weighted by atomic mass is 15.0. The molecule has 2 heteroatoms. The monoisotopic (exact) mass is 422 g/mol. The van der Waals surface area contributed by atoms with Crippen LogP contribution < -0.4 is 0 Å². The van der Waals surface area contributed by atoms with Gasteiger partial charge in [0.1, 0.15) is 0 Å². The number of rotatable bonds is 2. The second-order valence-corrected chi connectivity index (χ2v) is 8.67. The first-order valence-electron chi connectivity index (χ1n) is 11.4. The first-order valence-corrected chi connectivity index (χ1v) is 11.4. The van der Waals surface area contributed by atoms with Crippen LogP contribution in [0.2, 0.25) is 0 Å². The summed E-state index contributed by atoms with van der Waals surface area (Å²) in [5, 5.41) is 5.24. The van der Waals surface area contributed by atoms with Crippen LogP contribution in [0, 0.1) is 0 Å². The van der Waals surface area contributed by atoms with Gasteiger partial charge in [-0.2, -0.15) is 0 Å². The zero-order valence-electron chi connectivity index (χ0n) is 18.4. The lowest BCUT2D eigenvalue weighted by Gasteiger charge is -2.11. The van der Waals surface area contributed by atoms with E-state index in [1.165, 1.54) is 60.4 Å². The molecule has 0 fully saturated rings. The van der Waals surface area contributed by atoms with Crippen molar-refractivity contribution in [3.63, 3.8) is 0 Å². The van der Waals surface area contributed by atoms with Crippen molar-refractivity contribution in [1.82, 2.24) is 9.13 Å². The Kier molecular flexibility index (Phi) is 3.80. The molecule has 0 atom stereocenters. The first-order chi connectivity index (χ1) is 16.3. The summed E-state index contributed by atoms with van der Waals surface area (Å²) < 4.78 is 4.78. The van der Waals surface area contributed by atoms with Crippen LogP contribution in [0.5, 0.6) is 0 Å². The fourth-order valence-corrected chi connectivity index (χ4v) is 5.52. The Morgan fingerprint density at radius 3 is 1.82 bits per heavy atom. The number of aryl methyl sites for hydroxylation is 1. The van der Waals surface area contributed by atoms with Gasteiger partial charge in [0, 0.05) is 45.4 Å². The summed E-state index contributed by atoms with van der Waals surface area (Å²) in [5.74, 6) is 0. The Balaban J connectivity index is 1.81. The second kappa shape index (κ2) is 6.85. The van der Waals surface area contributed by atoms with Gasteiger partial charge in [-0.3, -0.25) is 0 Å². The Labute approximate surface area is 191 Å². The summed E-state index contributed by atoms with van der Waals surface area (Å²) in [7, 11) is 2.19. The van der Waals surface area contributed by atoms with Crippen LogP contribution in [-0.2, 0) is 7.05 Å². The molecule has 0 bridgehead atoms. The Bertz CT molecular complexity index is 1800. The molecule has 2 heterocycles. The SMILES string of the molecule is Cn1c2ccccc2c2c3c4ccccc4n(-c4ccccc4)c3cc(-c3ccccc3)c21. The topological polar surface area (TPSA) is 9.86 Å². The van der Waals surface area contributed by atoms with E-state index in [0.717, 1.165) is 0 Å². The number of aromatic nitrogens is 2. The van der Waals surface area contributed by atoms with Crippen LogP contribution in [0.1, 0.15) is 0 Å². The number of hydrogen-bond donors (Lipinski definition) is 0. The molecule has 0 aliphatic heterocycles. The lowest BCUT2D eigenvalue weighted by Crippen LogP contribution is -1.95. The first kappa shape index (κ1) is 18.3. The standard InChI is InChI=1S/C31H22N2/c1-32-26-18-10-8-16-23(26)30-29-24-17-9-11-19-27(24)33(22-14-6-3-7-15-22)28(29)20-25(31(30)32)21-12-4-2-5-13-21/h2-20H,1H3. The summed E-state index contributed by atoms with van der Waals surface area (Å²) in [5.41, 5.74) is 8.70. The Morgan fingerprint density at radius 2 is 1.09 bits per heavy atom. The molecule has 0 amide bonds. The van der Waals surface area contributed by atoms with E-state index in [4.69, 9.17) is 0 Å². The van der Waals surface area contributed by atoms with Crippen molar-refractivity contribution in [3.8, 4) is 16.8 Å². The highest BCUT2D eigenvalue weighted by Crippen LogP contribution is 2.44. The van der Waals surface area contributed by atoms with E-state index in [0.29, 0.717) is 0 Å². The molecule has 0 spiro atoms. The van der Waals surface area contributed by atoms with Gasteiger partial charge in [0.25, 0.3) is 0 Å². The van der Waals surface area contributed by atoms with Gasteiger partial charge < -0.3 is 9.13 Å². The minimum atomic E-state index is 1.18. The van der Waals surface area contributed by atoms with E-state index in [1.807, 2.05) is 0 Å². The van der Waals surface area contributed by atoms with Crippen LogP contribution in [0.25, 0.3) is 60.4 Å². The summed E-state index contributed by atoms with van der Waals surface area (Å²) >= 11 is 0. The number of para-hydroxylation sites is 3. The molecule has 0 saturated heterocycles. The molecule has 0 aliphatic rings. The lowest BCUT2D eigenvalue weighted by atomic mass is 9.98. The summed E-state index contributed by atoms with van der Waals surface area (Å²) in [6.07, 6.45) is 0. The minimum Gasteiger partial charge on any atom is -0.343 e. The minimum absolute atomic E-state index is 1.18. The van der Waals surface area contributed by atoms with Crippen LogP contribution in [0.4, 0.5) is 0 Å². The number of nitrogens with zero attached hydrogens (tertiary/aromatic N) is 2. The molecule has 0 N–H and O–H groups in total. The van der Waals surface area contributed by atoms with Gasteiger partial charge in [-0.25, -0.2) is 0 Å². The highest BCUT2D eigenvalue weighted by Gasteiger charge is 2.21. The predicted octanol–water partition coefficient (Wildman–Crippen LogP) is 8.10. The normalized spacial score (nSPS) is 11.8. The molecule has 2 nitrogen and oxygen atoms in total. The molecule has 2 aromatic heterocycles. The van der Waals surface area contributed by atoms with Crippen LogP contribution >= 0.6 is 0 Å². The van der Waals surface area contributed by atoms with Gasteiger partial charge >= 0.3 is 0 Å². The molecule has 33 heavy (non-hydrogen) atoms. The van der Waals surface area contributed by atoms with E-state index in [-0.39, 0.29) is 0 Å². The van der Waals surface area contributed by atoms with Crippen molar-refractivity contribution in [1.29, 1.82) is 0 Å². The van der Waals surface area contributed by atoms with Crippen molar-refractivity contribution < 1.29 is 0 Å². The van der Waals surface area contributed by atoms with Gasteiger partial charge in [-0.15, -0.1) is 0 Å². The van der Waals surface area contributed by atoms with Gasteiger partial charge in [0.15, 0.2) is 0 Å². The highest BCUT2D eigenvalue weighted by molar-refractivity contribution is 6.31. The maximum Gasteiger partial charge on any atom is 0.0576 e.